The fourth-order valence-corrected chi connectivity index (χ4v) is 3.75. The molecule has 1 amide bonds. The molecule has 1 aliphatic rings. The second-order valence-electron chi connectivity index (χ2n) is 8.56. The Balaban J connectivity index is 1.67. The highest BCUT2D eigenvalue weighted by Crippen LogP contribution is 2.25. The van der Waals surface area contributed by atoms with Crippen molar-refractivity contribution in [1.82, 2.24) is 14.9 Å². The van der Waals surface area contributed by atoms with Gasteiger partial charge < -0.3 is 15.4 Å². The summed E-state index contributed by atoms with van der Waals surface area (Å²) >= 11 is 0. The van der Waals surface area contributed by atoms with E-state index in [0.29, 0.717) is 55.4 Å². The number of carbonyl (C=O) groups excluding carboxylic acids is 1. The van der Waals surface area contributed by atoms with E-state index in [1.807, 2.05) is 49.5 Å². The number of nitrogens with one attached hydrogen (secondary N) is 2. The molecule has 2 aromatic carbocycles. The molecule has 1 aliphatic heterocycles. The van der Waals surface area contributed by atoms with Gasteiger partial charge in [-0.1, -0.05) is 30.4 Å². The Kier molecular flexibility index (Phi) is 8.32. The minimum Gasteiger partial charge on any atom is -0.373 e. The van der Waals surface area contributed by atoms with Crippen molar-refractivity contribution in [3.8, 4) is 11.3 Å². The number of hydrogen-bond donors (Lipinski definition) is 2. The topological polar surface area (TPSA) is 79.4 Å². The van der Waals surface area contributed by atoms with Crippen molar-refractivity contribution < 1.29 is 22.7 Å². The first-order valence-electron chi connectivity index (χ1n) is 11.6. The van der Waals surface area contributed by atoms with Gasteiger partial charge in [-0.15, -0.1) is 0 Å². The van der Waals surface area contributed by atoms with Crippen molar-refractivity contribution >= 4 is 23.2 Å². The number of alkyl halides is 3. The van der Waals surface area contributed by atoms with Crippen molar-refractivity contribution in [2.45, 2.75) is 19.3 Å². The molecule has 2 N–H and O–H groups in total. The Morgan fingerprint density at radius 1 is 1.14 bits per heavy atom. The summed E-state index contributed by atoms with van der Waals surface area (Å²) in [6.45, 7) is 2.11. The molecule has 0 aliphatic carbocycles. The molecule has 0 unspecified atom stereocenters. The summed E-state index contributed by atoms with van der Waals surface area (Å²) < 4.78 is 43.2. The number of ether oxygens (including phenoxy) is 1. The van der Waals surface area contributed by atoms with Crippen LogP contribution in [0.4, 0.5) is 30.5 Å². The predicted octanol–water partition coefficient (Wildman–Crippen LogP) is 5.46. The minimum absolute atomic E-state index is 0.0989. The standard InChI is InChI=1S/C27H26F3N5O2/c1-35-11-2-3-12-37-18-19-5-4-6-21(13-19)24-8-10-31-26(34-24)33-23-15-20(17-35)14-22(16-23)32-25(36)7-9-27(28,29)30/h2-10,13-16H,11-12,17-18H2,1H3,(H,32,36)(H,31,33,34)/b3-2+,9-7+. The quantitative estimate of drug-likeness (QED) is 0.353. The van der Waals surface area contributed by atoms with E-state index in [2.05, 4.69) is 25.5 Å². The Hall–Kier alpha value is -4.02. The van der Waals surface area contributed by atoms with Crippen LogP contribution in [0.1, 0.15) is 11.1 Å². The van der Waals surface area contributed by atoms with E-state index in [4.69, 9.17) is 4.74 Å². The maximum absolute atomic E-state index is 12.5. The molecule has 10 heteroatoms. The molecule has 6 bridgehead atoms. The van der Waals surface area contributed by atoms with E-state index in [1.165, 1.54) is 0 Å². The first-order chi connectivity index (χ1) is 17.7. The highest BCUT2D eigenvalue weighted by Gasteiger charge is 2.22. The van der Waals surface area contributed by atoms with Crippen LogP contribution in [0.3, 0.4) is 0 Å². The molecule has 1 aromatic heterocycles. The number of anilines is 3. The van der Waals surface area contributed by atoms with Gasteiger partial charge in [0.1, 0.15) is 0 Å². The van der Waals surface area contributed by atoms with Crippen molar-refractivity contribution in [3.05, 3.63) is 90.2 Å². The maximum atomic E-state index is 12.5. The van der Waals surface area contributed by atoms with Crippen LogP contribution in [-0.2, 0) is 22.7 Å². The predicted molar refractivity (Wildman–Crippen MR) is 136 cm³/mol. The fraction of sp³-hybridized carbons (Fsp3) is 0.222. The molecule has 37 heavy (non-hydrogen) atoms. The number of fused-ring (bicyclic) bond motifs is 7. The number of halogens is 3. The maximum Gasteiger partial charge on any atom is 0.409 e. The summed E-state index contributed by atoms with van der Waals surface area (Å²) in [7, 11) is 1.94. The highest BCUT2D eigenvalue weighted by molar-refractivity contribution is 5.99. The zero-order chi connectivity index (χ0) is 26.3. The van der Waals surface area contributed by atoms with E-state index in [0.717, 1.165) is 16.7 Å². The van der Waals surface area contributed by atoms with Crippen LogP contribution in [0, 0.1) is 0 Å². The van der Waals surface area contributed by atoms with Gasteiger partial charge in [-0.05, 0) is 48.5 Å². The van der Waals surface area contributed by atoms with Gasteiger partial charge in [0.15, 0.2) is 0 Å². The third-order valence-electron chi connectivity index (χ3n) is 5.34. The Morgan fingerprint density at radius 2 is 2.00 bits per heavy atom. The zero-order valence-corrected chi connectivity index (χ0v) is 20.1. The summed E-state index contributed by atoms with van der Waals surface area (Å²) in [6.07, 6.45) is 1.39. The van der Waals surface area contributed by atoms with Crippen molar-refractivity contribution in [1.29, 1.82) is 0 Å². The lowest BCUT2D eigenvalue weighted by atomic mass is 10.1. The van der Waals surface area contributed by atoms with Crippen molar-refractivity contribution in [2.75, 3.05) is 30.8 Å². The SMILES string of the molecule is CN1C/C=C/COCc2cccc(c2)-c2ccnc(n2)Nc2cc(cc(NC(=O)/C=C/C(F)(F)F)c2)C1. The molecular weight excluding hydrogens is 483 g/mol. The smallest absolute Gasteiger partial charge is 0.373 e. The number of allylic oxidation sites excluding steroid dienone is 1. The average Bonchev–Trinajstić information content (AvgIpc) is 2.84. The van der Waals surface area contributed by atoms with Gasteiger partial charge in [0.25, 0.3) is 0 Å². The summed E-state index contributed by atoms with van der Waals surface area (Å²) in [6, 6.07) is 14.9. The van der Waals surface area contributed by atoms with Crippen LogP contribution in [0.25, 0.3) is 11.3 Å². The normalized spacial score (nSPS) is 15.9. The molecule has 0 spiro atoms. The Labute approximate surface area is 212 Å². The molecule has 0 fully saturated rings. The fourth-order valence-electron chi connectivity index (χ4n) is 3.75. The molecule has 4 rings (SSSR count). The summed E-state index contributed by atoms with van der Waals surface area (Å²) in [5.74, 6) is -0.549. The zero-order valence-electron chi connectivity index (χ0n) is 20.1. The van der Waals surface area contributed by atoms with Gasteiger partial charge in [0, 0.05) is 48.4 Å². The molecule has 0 radical (unpaired) electrons. The van der Waals surface area contributed by atoms with Gasteiger partial charge in [0.05, 0.1) is 18.9 Å². The van der Waals surface area contributed by atoms with E-state index in [9.17, 15) is 18.0 Å². The summed E-state index contributed by atoms with van der Waals surface area (Å²) in [5, 5.41) is 5.65. The lowest BCUT2D eigenvalue weighted by Gasteiger charge is -2.17. The number of rotatable bonds is 2. The minimum atomic E-state index is -4.57. The molecule has 0 atom stereocenters. The second-order valence-corrected chi connectivity index (χ2v) is 8.56. The van der Waals surface area contributed by atoms with E-state index in [-0.39, 0.29) is 6.08 Å². The summed E-state index contributed by atoms with van der Waals surface area (Å²) in [4.78, 5) is 23.1. The molecule has 192 valence electrons. The highest BCUT2D eigenvalue weighted by atomic mass is 19.4. The van der Waals surface area contributed by atoms with E-state index >= 15 is 0 Å². The van der Waals surface area contributed by atoms with Crippen LogP contribution >= 0.6 is 0 Å². The van der Waals surface area contributed by atoms with Gasteiger partial charge in [-0.25, -0.2) is 9.97 Å². The Morgan fingerprint density at radius 3 is 2.84 bits per heavy atom. The molecule has 7 nitrogen and oxygen atoms in total. The number of carbonyl (C=O) groups is 1. The van der Waals surface area contributed by atoms with E-state index in [1.54, 1.807) is 24.4 Å². The average molecular weight is 510 g/mol. The van der Waals surface area contributed by atoms with Crippen molar-refractivity contribution in [2.24, 2.45) is 0 Å². The number of likely N-dealkylation sites (N-methyl/N-ethyl adjacent to an activating group) is 1. The third kappa shape index (κ3) is 8.26. The Bertz CT molecular complexity index is 1310. The lowest BCUT2D eigenvalue weighted by Crippen LogP contribution is -2.18. The number of hydrogen-bond acceptors (Lipinski definition) is 6. The van der Waals surface area contributed by atoms with Crippen LogP contribution in [0.2, 0.25) is 0 Å². The van der Waals surface area contributed by atoms with Gasteiger partial charge in [0.2, 0.25) is 11.9 Å². The van der Waals surface area contributed by atoms with Crippen LogP contribution in [-0.4, -0.2) is 47.2 Å². The first kappa shape index (κ1) is 26.1. The van der Waals surface area contributed by atoms with Crippen LogP contribution < -0.4 is 10.6 Å². The molecular formula is C27H26F3N5O2. The largest absolute Gasteiger partial charge is 0.409 e. The molecule has 2 heterocycles. The summed E-state index contributed by atoms with van der Waals surface area (Å²) in [5.41, 5.74) is 4.39. The lowest BCUT2D eigenvalue weighted by molar-refractivity contribution is -0.112. The van der Waals surface area contributed by atoms with Crippen LogP contribution in [0.15, 0.2) is 79.0 Å². The first-order valence-corrected chi connectivity index (χ1v) is 11.6. The molecule has 0 saturated carbocycles. The van der Waals surface area contributed by atoms with Crippen molar-refractivity contribution in [3.63, 3.8) is 0 Å². The number of aromatic nitrogens is 2. The monoisotopic (exact) mass is 509 g/mol. The van der Waals surface area contributed by atoms with E-state index < -0.39 is 12.1 Å². The third-order valence-corrected chi connectivity index (χ3v) is 5.34. The number of amides is 1. The number of benzene rings is 2. The molecule has 3 aromatic rings. The van der Waals surface area contributed by atoms with Crippen LogP contribution in [0.5, 0.6) is 0 Å². The van der Waals surface area contributed by atoms with Gasteiger partial charge >= 0.3 is 6.18 Å². The second kappa shape index (κ2) is 11.8. The molecule has 0 saturated heterocycles. The number of nitrogens with zero attached hydrogens (tertiary/aromatic N) is 3. The van der Waals surface area contributed by atoms with Gasteiger partial charge in [-0.2, -0.15) is 13.2 Å². The van der Waals surface area contributed by atoms with Gasteiger partial charge in [-0.3, -0.25) is 9.69 Å².